The molecule has 0 saturated heterocycles. The van der Waals surface area contributed by atoms with Crippen LogP contribution >= 0.6 is 0 Å². The van der Waals surface area contributed by atoms with Crippen molar-refractivity contribution in [3.8, 4) is 0 Å². The van der Waals surface area contributed by atoms with Crippen LogP contribution in [0.25, 0.3) is 10.9 Å². The smallest absolute Gasteiger partial charge is 0.251 e. The Morgan fingerprint density at radius 1 is 1.00 bits per heavy atom. The van der Waals surface area contributed by atoms with Gasteiger partial charge in [-0.1, -0.05) is 43.3 Å². The lowest BCUT2D eigenvalue weighted by atomic mass is 9.89. The van der Waals surface area contributed by atoms with E-state index in [-0.39, 0.29) is 17.9 Å². The van der Waals surface area contributed by atoms with Gasteiger partial charge in [0, 0.05) is 35.5 Å². The first kappa shape index (κ1) is 17.0. The average Bonchev–Trinajstić information content (AvgIpc) is 3.26. The third-order valence-electron chi connectivity index (χ3n) is 4.96. The van der Waals surface area contributed by atoms with Gasteiger partial charge < -0.3 is 10.3 Å². The molecule has 2 aromatic heterocycles. The van der Waals surface area contributed by atoms with Crippen molar-refractivity contribution in [2.75, 3.05) is 0 Å². The molecule has 2 unspecified atom stereocenters. The van der Waals surface area contributed by atoms with Gasteiger partial charge in [0.25, 0.3) is 5.91 Å². The minimum absolute atomic E-state index is 0.0882. The van der Waals surface area contributed by atoms with E-state index in [4.69, 9.17) is 0 Å². The van der Waals surface area contributed by atoms with E-state index in [9.17, 15) is 4.79 Å². The molecule has 0 radical (unpaired) electrons. The van der Waals surface area contributed by atoms with Crippen molar-refractivity contribution in [2.45, 2.75) is 18.9 Å². The lowest BCUT2D eigenvalue weighted by Crippen LogP contribution is -2.31. The fraction of sp³-hybridized carbons (Fsp3) is 0.130. The SMILES string of the molecule is CC(c1ccccc1)C(NC(=O)c1ccc2ncccc2c1)c1cc[nH]c1. The largest absolute Gasteiger partial charge is 0.367 e. The van der Waals surface area contributed by atoms with Gasteiger partial charge in [0.1, 0.15) is 0 Å². The van der Waals surface area contributed by atoms with Gasteiger partial charge in [0.05, 0.1) is 11.6 Å². The molecule has 0 spiro atoms. The van der Waals surface area contributed by atoms with Crippen LogP contribution in [0.4, 0.5) is 0 Å². The van der Waals surface area contributed by atoms with Crippen LogP contribution in [-0.4, -0.2) is 15.9 Å². The maximum Gasteiger partial charge on any atom is 0.251 e. The summed E-state index contributed by atoms with van der Waals surface area (Å²) in [5.41, 5.74) is 3.76. The molecular weight excluding hydrogens is 334 g/mol. The number of rotatable bonds is 5. The van der Waals surface area contributed by atoms with Gasteiger partial charge in [-0.15, -0.1) is 0 Å². The van der Waals surface area contributed by atoms with Gasteiger partial charge in [-0.2, -0.15) is 0 Å². The maximum absolute atomic E-state index is 13.0. The molecule has 0 aliphatic carbocycles. The zero-order chi connectivity index (χ0) is 18.6. The Morgan fingerprint density at radius 3 is 2.63 bits per heavy atom. The molecular formula is C23H21N3O. The number of fused-ring (bicyclic) bond motifs is 1. The monoisotopic (exact) mass is 355 g/mol. The molecule has 2 heterocycles. The van der Waals surface area contributed by atoms with Gasteiger partial charge in [0.15, 0.2) is 0 Å². The van der Waals surface area contributed by atoms with E-state index in [1.807, 2.05) is 67.0 Å². The highest BCUT2D eigenvalue weighted by atomic mass is 16.1. The number of aromatic nitrogens is 2. The number of pyridine rings is 1. The first-order valence-electron chi connectivity index (χ1n) is 9.05. The summed E-state index contributed by atoms with van der Waals surface area (Å²) in [6, 6.07) is 21.6. The highest BCUT2D eigenvalue weighted by Gasteiger charge is 2.23. The van der Waals surface area contributed by atoms with Crippen molar-refractivity contribution in [2.24, 2.45) is 0 Å². The maximum atomic E-state index is 13.0. The summed E-state index contributed by atoms with van der Waals surface area (Å²) >= 11 is 0. The standard InChI is InChI=1S/C23H21N3O/c1-16(17-6-3-2-4-7-17)22(20-11-13-24-15-20)26-23(27)19-9-10-21-18(14-19)8-5-12-25-21/h2-16,22,24H,1H3,(H,26,27). The number of carbonyl (C=O) groups excluding carboxylic acids is 1. The molecule has 2 N–H and O–H groups in total. The summed E-state index contributed by atoms with van der Waals surface area (Å²) in [5.74, 6) is 0.0443. The number of nitrogens with zero attached hydrogens (tertiary/aromatic N) is 1. The summed E-state index contributed by atoms with van der Waals surface area (Å²) in [6.45, 7) is 2.14. The van der Waals surface area contributed by atoms with Crippen molar-refractivity contribution in [3.63, 3.8) is 0 Å². The number of aromatic amines is 1. The minimum atomic E-state index is -0.129. The number of hydrogen-bond acceptors (Lipinski definition) is 2. The van der Waals surface area contributed by atoms with Gasteiger partial charge >= 0.3 is 0 Å². The molecule has 0 aliphatic heterocycles. The lowest BCUT2D eigenvalue weighted by Gasteiger charge is -2.25. The predicted octanol–water partition coefficient (Wildman–Crippen LogP) is 4.84. The highest BCUT2D eigenvalue weighted by Crippen LogP contribution is 2.30. The molecule has 27 heavy (non-hydrogen) atoms. The molecule has 0 fully saturated rings. The normalized spacial score (nSPS) is 13.2. The van der Waals surface area contributed by atoms with Crippen molar-refractivity contribution in [1.82, 2.24) is 15.3 Å². The first-order chi connectivity index (χ1) is 13.2. The van der Waals surface area contributed by atoms with Crippen molar-refractivity contribution >= 4 is 16.8 Å². The zero-order valence-corrected chi connectivity index (χ0v) is 15.1. The van der Waals surface area contributed by atoms with E-state index >= 15 is 0 Å². The molecule has 0 aliphatic rings. The summed E-state index contributed by atoms with van der Waals surface area (Å²) in [4.78, 5) is 20.4. The summed E-state index contributed by atoms with van der Waals surface area (Å²) in [5, 5.41) is 4.18. The first-order valence-corrected chi connectivity index (χ1v) is 9.05. The predicted molar refractivity (Wildman–Crippen MR) is 108 cm³/mol. The Balaban J connectivity index is 1.63. The molecule has 4 aromatic rings. The summed E-state index contributed by atoms with van der Waals surface area (Å²) in [6.07, 6.45) is 5.58. The van der Waals surface area contributed by atoms with Crippen molar-refractivity contribution in [3.05, 3.63) is 102 Å². The van der Waals surface area contributed by atoms with E-state index in [1.165, 1.54) is 5.56 Å². The molecule has 2 aromatic carbocycles. The number of amides is 1. The fourth-order valence-electron chi connectivity index (χ4n) is 3.42. The molecule has 0 bridgehead atoms. The topological polar surface area (TPSA) is 57.8 Å². The molecule has 4 heteroatoms. The van der Waals surface area contributed by atoms with E-state index in [0.717, 1.165) is 16.5 Å². The number of carbonyl (C=O) groups is 1. The van der Waals surface area contributed by atoms with E-state index in [0.29, 0.717) is 5.56 Å². The average molecular weight is 355 g/mol. The van der Waals surface area contributed by atoms with Crippen LogP contribution < -0.4 is 5.32 Å². The zero-order valence-electron chi connectivity index (χ0n) is 15.1. The molecule has 4 rings (SSSR count). The number of H-pyrrole nitrogens is 1. The second-order valence-corrected chi connectivity index (χ2v) is 6.71. The lowest BCUT2D eigenvalue weighted by molar-refractivity contribution is 0.0931. The number of benzene rings is 2. The van der Waals surface area contributed by atoms with Gasteiger partial charge in [-0.3, -0.25) is 9.78 Å². The van der Waals surface area contributed by atoms with Gasteiger partial charge in [-0.05, 0) is 41.5 Å². The van der Waals surface area contributed by atoms with Gasteiger partial charge in [0.2, 0.25) is 0 Å². The fourth-order valence-corrected chi connectivity index (χ4v) is 3.42. The van der Waals surface area contributed by atoms with Crippen molar-refractivity contribution < 1.29 is 4.79 Å². The van der Waals surface area contributed by atoms with Gasteiger partial charge in [-0.25, -0.2) is 0 Å². The molecule has 4 nitrogen and oxygen atoms in total. The third kappa shape index (κ3) is 3.60. The highest BCUT2D eigenvalue weighted by molar-refractivity contribution is 5.98. The van der Waals surface area contributed by atoms with Crippen LogP contribution in [0.1, 0.15) is 40.4 Å². The van der Waals surface area contributed by atoms with E-state index in [1.54, 1.807) is 6.20 Å². The molecule has 134 valence electrons. The van der Waals surface area contributed by atoms with Crippen LogP contribution in [0.15, 0.2) is 85.3 Å². The Kier molecular flexibility index (Phi) is 4.71. The quantitative estimate of drug-likeness (QED) is 0.538. The van der Waals surface area contributed by atoms with Crippen LogP contribution in [0.3, 0.4) is 0 Å². The second-order valence-electron chi connectivity index (χ2n) is 6.71. The Morgan fingerprint density at radius 2 is 1.85 bits per heavy atom. The van der Waals surface area contributed by atoms with Crippen LogP contribution in [-0.2, 0) is 0 Å². The summed E-state index contributed by atoms with van der Waals surface area (Å²) in [7, 11) is 0. The second kappa shape index (κ2) is 7.46. The number of hydrogen-bond donors (Lipinski definition) is 2. The van der Waals surface area contributed by atoms with Crippen LogP contribution in [0.2, 0.25) is 0 Å². The Hall–Kier alpha value is -3.40. The van der Waals surface area contributed by atoms with Crippen LogP contribution in [0, 0.1) is 0 Å². The van der Waals surface area contributed by atoms with Crippen LogP contribution in [0.5, 0.6) is 0 Å². The number of nitrogens with one attached hydrogen (secondary N) is 2. The molecule has 0 saturated carbocycles. The Bertz CT molecular complexity index is 1040. The Labute approximate surface area is 158 Å². The van der Waals surface area contributed by atoms with E-state index in [2.05, 4.69) is 34.3 Å². The van der Waals surface area contributed by atoms with E-state index < -0.39 is 0 Å². The third-order valence-corrected chi connectivity index (χ3v) is 4.96. The van der Waals surface area contributed by atoms with Crippen molar-refractivity contribution in [1.29, 1.82) is 0 Å². The minimum Gasteiger partial charge on any atom is -0.367 e. The molecule has 1 amide bonds. The molecule has 2 atom stereocenters. The summed E-state index contributed by atoms with van der Waals surface area (Å²) < 4.78 is 0.